The zero-order valence-electron chi connectivity index (χ0n) is 14.5. The number of carbonyl (C=O) groups excluding carboxylic acids is 2. The summed E-state index contributed by atoms with van der Waals surface area (Å²) in [5.41, 5.74) is 4.74. The van der Waals surface area contributed by atoms with E-state index < -0.39 is 29.6 Å². The molecule has 140 valence electrons. The molecule has 0 saturated carbocycles. The lowest BCUT2D eigenvalue weighted by Crippen LogP contribution is -2.47. The van der Waals surface area contributed by atoms with Crippen LogP contribution >= 0.6 is 0 Å². The second-order valence-electron chi connectivity index (χ2n) is 5.81. The van der Waals surface area contributed by atoms with E-state index in [0.717, 1.165) is 0 Å². The Kier molecular flexibility index (Phi) is 5.07. The van der Waals surface area contributed by atoms with E-state index in [9.17, 15) is 18.4 Å². The number of carbonyl (C=O) groups is 2. The Morgan fingerprint density at radius 1 is 1.04 bits per heavy atom. The highest BCUT2D eigenvalue weighted by molar-refractivity contribution is 5.99. The first kappa shape index (κ1) is 18.4. The van der Waals surface area contributed by atoms with Gasteiger partial charge in [-0.3, -0.25) is 20.4 Å². The number of rotatable bonds is 4. The van der Waals surface area contributed by atoms with Crippen LogP contribution in [0.5, 0.6) is 5.75 Å². The van der Waals surface area contributed by atoms with Crippen LogP contribution in [0.4, 0.5) is 8.78 Å². The lowest BCUT2D eigenvalue weighted by Gasteiger charge is -2.15. The maximum atomic E-state index is 13.8. The molecule has 3 rings (SSSR count). The van der Waals surface area contributed by atoms with Crippen LogP contribution in [-0.4, -0.2) is 17.9 Å². The number of para-hydroxylation sites is 2. The Morgan fingerprint density at radius 2 is 1.74 bits per heavy atom. The average Bonchev–Trinajstić information content (AvgIpc) is 2.99. The number of fused-ring (bicyclic) bond motifs is 1. The fourth-order valence-electron chi connectivity index (χ4n) is 2.49. The molecule has 0 bridgehead atoms. The number of benzene rings is 2. The van der Waals surface area contributed by atoms with Crippen molar-refractivity contribution in [2.45, 2.75) is 20.0 Å². The van der Waals surface area contributed by atoms with E-state index in [1.54, 1.807) is 19.1 Å². The molecule has 0 aliphatic rings. The van der Waals surface area contributed by atoms with Crippen LogP contribution in [0.25, 0.3) is 11.0 Å². The standard InChI is InChI=1S/C19H16F2N2O4/c1-10-12-6-5-8-14(21)17(12)27-16(10)19(25)23-22-18(24)11(2)26-15-9-4-3-7-13(15)20/h3-9,11H,1-2H3,(H,22,24)(H,23,25)/t11-/m0/s1. The second-order valence-corrected chi connectivity index (χ2v) is 5.81. The Bertz CT molecular complexity index is 1020. The summed E-state index contributed by atoms with van der Waals surface area (Å²) in [4.78, 5) is 24.3. The quantitative estimate of drug-likeness (QED) is 0.687. The van der Waals surface area contributed by atoms with Gasteiger partial charge in [-0.1, -0.05) is 24.3 Å². The first-order valence-electron chi connectivity index (χ1n) is 8.07. The smallest absolute Gasteiger partial charge is 0.305 e. The Hall–Kier alpha value is -3.42. The molecular formula is C19H16F2N2O4. The van der Waals surface area contributed by atoms with Crippen LogP contribution in [-0.2, 0) is 4.79 Å². The van der Waals surface area contributed by atoms with E-state index in [1.807, 2.05) is 0 Å². The maximum Gasteiger partial charge on any atom is 0.305 e. The van der Waals surface area contributed by atoms with E-state index in [-0.39, 0.29) is 17.1 Å². The molecule has 1 aromatic heterocycles. The van der Waals surface area contributed by atoms with Crippen LogP contribution in [0, 0.1) is 18.6 Å². The van der Waals surface area contributed by atoms with Gasteiger partial charge >= 0.3 is 5.91 Å². The predicted octanol–water partition coefficient (Wildman–Crippen LogP) is 3.25. The van der Waals surface area contributed by atoms with Crippen molar-refractivity contribution in [1.82, 2.24) is 10.9 Å². The van der Waals surface area contributed by atoms with Gasteiger partial charge in [-0.05, 0) is 32.0 Å². The summed E-state index contributed by atoms with van der Waals surface area (Å²) >= 11 is 0. The van der Waals surface area contributed by atoms with E-state index in [1.165, 1.54) is 37.3 Å². The fourth-order valence-corrected chi connectivity index (χ4v) is 2.49. The van der Waals surface area contributed by atoms with Gasteiger partial charge < -0.3 is 9.15 Å². The first-order valence-corrected chi connectivity index (χ1v) is 8.07. The van der Waals surface area contributed by atoms with Crippen molar-refractivity contribution in [3.05, 3.63) is 65.4 Å². The minimum atomic E-state index is -1.07. The van der Waals surface area contributed by atoms with Gasteiger partial charge in [-0.2, -0.15) is 0 Å². The minimum Gasteiger partial charge on any atom is -0.478 e. The molecule has 0 aliphatic carbocycles. The van der Waals surface area contributed by atoms with Crippen molar-refractivity contribution in [2.24, 2.45) is 0 Å². The highest BCUT2D eigenvalue weighted by Crippen LogP contribution is 2.27. The molecule has 0 spiro atoms. The van der Waals surface area contributed by atoms with Crippen LogP contribution in [0.3, 0.4) is 0 Å². The van der Waals surface area contributed by atoms with Gasteiger partial charge in [-0.25, -0.2) is 8.78 Å². The Morgan fingerprint density at radius 3 is 2.44 bits per heavy atom. The summed E-state index contributed by atoms with van der Waals surface area (Å²) in [6, 6.07) is 9.98. The Balaban J connectivity index is 1.65. The summed E-state index contributed by atoms with van der Waals surface area (Å²) in [6.45, 7) is 3.00. The number of amides is 2. The topological polar surface area (TPSA) is 80.6 Å². The zero-order chi connectivity index (χ0) is 19.6. The summed E-state index contributed by atoms with van der Waals surface area (Å²) in [6.07, 6.45) is -1.07. The van der Waals surface area contributed by atoms with Crippen molar-refractivity contribution in [3.63, 3.8) is 0 Å². The van der Waals surface area contributed by atoms with Crippen LogP contribution in [0.15, 0.2) is 46.9 Å². The highest BCUT2D eigenvalue weighted by Gasteiger charge is 2.22. The van der Waals surface area contributed by atoms with Gasteiger partial charge in [0.15, 0.2) is 34.8 Å². The highest BCUT2D eigenvalue weighted by atomic mass is 19.1. The lowest BCUT2D eigenvalue weighted by molar-refractivity contribution is -0.128. The molecule has 27 heavy (non-hydrogen) atoms. The fraction of sp³-hybridized carbons (Fsp3) is 0.158. The largest absolute Gasteiger partial charge is 0.478 e. The number of ether oxygens (including phenoxy) is 1. The Labute approximate surface area is 153 Å². The molecular weight excluding hydrogens is 358 g/mol. The molecule has 1 atom stereocenters. The minimum absolute atomic E-state index is 0.0391. The van der Waals surface area contributed by atoms with Crippen molar-refractivity contribution in [2.75, 3.05) is 0 Å². The molecule has 2 amide bonds. The number of hydrogen-bond donors (Lipinski definition) is 2. The third-order valence-electron chi connectivity index (χ3n) is 3.93. The zero-order valence-corrected chi connectivity index (χ0v) is 14.5. The molecule has 2 aromatic carbocycles. The SMILES string of the molecule is Cc1c(C(=O)NNC(=O)[C@H](C)Oc2ccccc2F)oc2c(F)cccc12. The number of aryl methyl sites for hydroxylation is 1. The maximum absolute atomic E-state index is 13.8. The van der Waals surface area contributed by atoms with Gasteiger partial charge in [0.1, 0.15) is 0 Å². The van der Waals surface area contributed by atoms with Crippen LogP contribution in [0.1, 0.15) is 23.0 Å². The van der Waals surface area contributed by atoms with Crippen molar-refractivity contribution in [3.8, 4) is 5.75 Å². The summed E-state index contributed by atoms with van der Waals surface area (Å²) in [5, 5.41) is 0.461. The van der Waals surface area contributed by atoms with Gasteiger partial charge in [0.2, 0.25) is 0 Å². The third kappa shape index (κ3) is 3.74. The van der Waals surface area contributed by atoms with Crippen LogP contribution in [0.2, 0.25) is 0 Å². The van der Waals surface area contributed by atoms with Crippen molar-refractivity contribution < 1.29 is 27.5 Å². The molecule has 0 radical (unpaired) electrons. The normalized spacial score (nSPS) is 11.9. The number of nitrogens with one attached hydrogen (secondary N) is 2. The van der Waals surface area contributed by atoms with E-state index >= 15 is 0 Å². The van der Waals surface area contributed by atoms with Gasteiger partial charge in [0.25, 0.3) is 5.91 Å². The predicted molar refractivity (Wildman–Crippen MR) is 93.0 cm³/mol. The number of furan rings is 1. The lowest BCUT2D eigenvalue weighted by atomic mass is 10.1. The molecule has 6 nitrogen and oxygen atoms in total. The monoisotopic (exact) mass is 374 g/mol. The van der Waals surface area contributed by atoms with Crippen molar-refractivity contribution >= 4 is 22.8 Å². The third-order valence-corrected chi connectivity index (χ3v) is 3.93. The number of hydrogen-bond acceptors (Lipinski definition) is 4. The first-order chi connectivity index (χ1) is 12.9. The van der Waals surface area contributed by atoms with E-state index in [0.29, 0.717) is 10.9 Å². The molecule has 0 saturated heterocycles. The molecule has 8 heteroatoms. The summed E-state index contributed by atoms with van der Waals surface area (Å²) < 4.78 is 37.8. The van der Waals surface area contributed by atoms with E-state index in [4.69, 9.17) is 9.15 Å². The number of hydrazine groups is 1. The van der Waals surface area contributed by atoms with E-state index in [2.05, 4.69) is 10.9 Å². The molecule has 3 aromatic rings. The molecule has 0 fully saturated rings. The molecule has 2 N–H and O–H groups in total. The van der Waals surface area contributed by atoms with Gasteiger partial charge in [0, 0.05) is 10.9 Å². The number of halogens is 2. The summed E-state index contributed by atoms with van der Waals surface area (Å²) in [7, 11) is 0. The van der Waals surface area contributed by atoms with Crippen LogP contribution < -0.4 is 15.6 Å². The average molecular weight is 374 g/mol. The molecule has 0 unspecified atom stereocenters. The second kappa shape index (κ2) is 7.45. The molecule has 1 heterocycles. The molecule has 0 aliphatic heterocycles. The van der Waals surface area contributed by atoms with Gasteiger partial charge in [0.05, 0.1) is 0 Å². The van der Waals surface area contributed by atoms with Gasteiger partial charge in [-0.15, -0.1) is 0 Å². The van der Waals surface area contributed by atoms with Crippen molar-refractivity contribution in [1.29, 1.82) is 0 Å². The summed E-state index contributed by atoms with van der Waals surface area (Å²) in [5.74, 6) is -2.87.